The summed E-state index contributed by atoms with van der Waals surface area (Å²) in [7, 11) is 0. The van der Waals surface area contributed by atoms with Crippen LogP contribution in [0.5, 0.6) is 0 Å². The molecule has 2 aliphatic rings. The van der Waals surface area contributed by atoms with Crippen molar-refractivity contribution in [3.05, 3.63) is 179 Å². The van der Waals surface area contributed by atoms with Gasteiger partial charge >= 0.3 is 23.9 Å². The highest BCUT2D eigenvalue weighted by Crippen LogP contribution is 2.47. The van der Waals surface area contributed by atoms with Crippen molar-refractivity contribution in [1.82, 2.24) is 4.98 Å². The minimum absolute atomic E-state index is 0.0655. The molecule has 0 spiro atoms. The van der Waals surface area contributed by atoms with Gasteiger partial charge in [-0.25, -0.2) is 0 Å². The molecule has 0 radical (unpaired) electrons. The number of hydrogen-bond acceptors (Lipinski definition) is 14. The van der Waals surface area contributed by atoms with Crippen LogP contribution in [0.1, 0.15) is 73.4 Å². The quantitative estimate of drug-likeness (QED) is 0.0570. The standard InChI is InChI=1S/C56H59NO14/c1-35(58)63-34-46-50(67-36(2)59)55(68-37(3)60)56(69-38(4)61)51(70-46)47-43-27-17-18-28-44(43)57-48(47)52-54(66-32-42-25-15-8-16-26-42)53(65-31-41-23-13-7-14-24-41)49(64-30-40-21-11-6-12-22-40)45(71-52)33-62-29-39-19-9-5-10-20-39/h5-28,45-46,49-57H,29-34H2,1-4H3/t45-,46-,49+,50-,51+,52-,53+,54+,55+,56-/m1/s1. The van der Waals surface area contributed by atoms with Gasteiger partial charge in [-0.3, -0.25) is 19.2 Å². The van der Waals surface area contributed by atoms with E-state index < -0.39 is 91.5 Å². The predicted octanol–water partition coefficient (Wildman–Crippen LogP) is 8.38. The Morgan fingerprint density at radius 1 is 0.437 bits per heavy atom. The van der Waals surface area contributed by atoms with Crippen molar-refractivity contribution < 1.29 is 66.5 Å². The maximum atomic E-state index is 13.2. The number of aromatic nitrogens is 1. The second-order valence-corrected chi connectivity index (χ2v) is 17.5. The molecule has 5 aromatic carbocycles. The minimum atomic E-state index is -1.43. The molecule has 15 heteroatoms. The summed E-state index contributed by atoms with van der Waals surface area (Å²) in [5.41, 5.74) is 5.25. The van der Waals surface area contributed by atoms with E-state index in [1.807, 2.05) is 146 Å². The number of H-pyrrole nitrogens is 1. The van der Waals surface area contributed by atoms with Crippen molar-refractivity contribution in [2.24, 2.45) is 0 Å². The summed E-state index contributed by atoms with van der Waals surface area (Å²) in [5.74, 6) is -2.86. The van der Waals surface area contributed by atoms with Gasteiger partial charge in [-0.15, -0.1) is 0 Å². The maximum absolute atomic E-state index is 13.2. The summed E-state index contributed by atoms with van der Waals surface area (Å²) in [6.07, 6.45) is -11.1. The summed E-state index contributed by atoms with van der Waals surface area (Å²) in [4.78, 5) is 54.8. The van der Waals surface area contributed by atoms with Crippen molar-refractivity contribution in [2.75, 3.05) is 13.2 Å². The lowest BCUT2D eigenvalue weighted by Crippen LogP contribution is -2.60. The first-order valence-electron chi connectivity index (χ1n) is 23.7. The van der Waals surface area contributed by atoms with Gasteiger partial charge in [0.15, 0.2) is 18.3 Å². The highest BCUT2D eigenvalue weighted by atomic mass is 16.7. The van der Waals surface area contributed by atoms with Gasteiger partial charge in [0.05, 0.1) is 38.7 Å². The molecule has 2 fully saturated rings. The number of esters is 4. The third-order valence-electron chi connectivity index (χ3n) is 12.2. The van der Waals surface area contributed by atoms with Gasteiger partial charge < -0.3 is 52.4 Å². The van der Waals surface area contributed by atoms with Gasteiger partial charge in [-0.1, -0.05) is 140 Å². The van der Waals surface area contributed by atoms with E-state index >= 15 is 0 Å². The fourth-order valence-electron chi connectivity index (χ4n) is 9.20. The smallest absolute Gasteiger partial charge is 0.303 e. The van der Waals surface area contributed by atoms with Crippen molar-refractivity contribution in [2.45, 2.75) is 115 Å². The SMILES string of the molecule is CC(=O)OC[C@H]1O[C@@H](c2c([C@H]3O[C@H](COCc4ccccc4)[C@H](OCc4ccccc4)[C@H](OCc4ccccc4)[C@H]3OCc3ccccc3)[nH]c3ccccc23)[C@@H](OC(C)=O)[C@@H](OC(C)=O)[C@@H]1OC(C)=O. The van der Waals surface area contributed by atoms with Crippen LogP contribution in [0.2, 0.25) is 0 Å². The number of ether oxygens (including phenoxy) is 10. The lowest BCUT2D eigenvalue weighted by atomic mass is 9.86. The zero-order valence-corrected chi connectivity index (χ0v) is 40.1. The van der Waals surface area contributed by atoms with Crippen LogP contribution < -0.4 is 0 Å². The van der Waals surface area contributed by atoms with Gasteiger partial charge in [0.2, 0.25) is 0 Å². The van der Waals surface area contributed by atoms with E-state index in [1.54, 1.807) is 0 Å². The van der Waals surface area contributed by atoms with Gasteiger partial charge in [0, 0.05) is 44.2 Å². The fraction of sp³-hybridized carbons (Fsp3) is 0.357. The zero-order valence-electron chi connectivity index (χ0n) is 40.1. The first-order chi connectivity index (χ1) is 34.5. The van der Waals surface area contributed by atoms with Gasteiger partial charge in [-0.2, -0.15) is 0 Å². The number of nitrogens with one attached hydrogen (secondary N) is 1. The van der Waals surface area contributed by atoms with Crippen molar-refractivity contribution in [3.8, 4) is 0 Å². The molecule has 1 N–H and O–H groups in total. The lowest BCUT2D eigenvalue weighted by Gasteiger charge is -2.47. The molecule has 8 rings (SSSR count). The number of carbonyl (C=O) groups excluding carboxylic acids is 4. The number of fused-ring (bicyclic) bond motifs is 1. The first kappa shape index (κ1) is 50.7. The monoisotopic (exact) mass is 969 g/mol. The summed E-state index contributed by atoms with van der Waals surface area (Å²) in [6, 6.07) is 46.6. The lowest BCUT2D eigenvalue weighted by molar-refractivity contribution is -0.276. The molecular weight excluding hydrogens is 911 g/mol. The minimum Gasteiger partial charge on any atom is -0.463 e. The summed E-state index contributed by atoms with van der Waals surface area (Å²) < 4.78 is 65.1. The summed E-state index contributed by atoms with van der Waals surface area (Å²) in [5, 5.41) is 0.634. The molecule has 2 saturated heterocycles. The number of rotatable bonds is 20. The highest BCUT2D eigenvalue weighted by Gasteiger charge is 2.56. The number of benzene rings is 5. The van der Waals surface area contributed by atoms with Crippen LogP contribution in [0, 0.1) is 0 Å². The normalized spacial score (nSPS) is 24.2. The molecule has 0 aliphatic carbocycles. The van der Waals surface area contributed by atoms with Crippen molar-refractivity contribution in [3.63, 3.8) is 0 Å². The van der Waals surface area contributed by atoms with Crippen LogP contribution in [0.4, 0.5) is 0 Å². The van der Waals surface area contributed by atoms with Crippen molar-refractivity contribution in [1.29, 1.82) is 0 Å². The average Bonchev–Trinajstić information content (AvgIpc) is 3.75. The van der Waals surface area contributed by atoms with Crippen LogP contribution in [0.3, 0.4) is 0 Å². The summed E-state index contributed by atoms with van der Waals surface area (Å²) >= 11 is 0. The molecule has 10 atom stereocenters. The Balaban J connectivity index is 1.30. The molecule has 0 unspecified atom stereocenters. The largest absolute Gasteiger partial charge is 0.463 e. The molecule has 372 valence electrons. The van der Waals surface area contributed by atoms with Crippen LogP contribution in [-0.4, -0.2) is 90.9 Å². The molecule has 0 amide bonds. The maximum Gasteiger partial charge on any atom is 0.303 e. The Labute approximate surface area is 412 Å². The third kappa shape index (κ3) is 13.2. The van der Waals surface area contributed by atoms with E-state index in [9.17, 15) is 19.2 Å². The van der Waals surface area contributed by atoms with Gasteiger partial charge in [0.25, 0.3) is 0 Å². The van der Waals surface area contributed by atoms with E-state index in [0.717, 1.165) is 22.3 Å². The fourth-order valence-corrected chi connectivity index (χ4v) is 9.20. The van der Waals surface area contributed by atoms with Gasteiger partial charge in [0.1, 0.15) is 49.3 Å². The molecule has 15 nitrogen and oxygen atoms in total. The number of aromatic amines is 1. The molecule has 3 heterocycles. The topological polar surface area (TPSA) is 176 Å². The second-order valence-electron chi connectivity index (χ2n) is 17.5. The predicted molar refractivity (Wildman–Crippen MR) is 258 cm³/mol. The van der Waals surface area contributed by atoms with Crippen molar-refractivity contribution >= 4 is 34.8 Å². The number of carbonyl (C=O) groups is 4. The first-order valence-corrected chi connectivity index (χ1v) is 23.7. The zero-order chi connectivity index (χ0) is 49.7. The van der Waals surface area contributed by atoms with Crippen LogP contribution in [0.15, 0.2) is 146 Å². The molecule has 0 bridgehead atoms. The van der Waals surface area contributed by atoms with E-state index in [-0.39, 0.29) is 33.0 Å². The Hall–Kier alpha value is -6.72. The van der Waals surface area contributed by atoms with E-state index in [1.165, 1.54) is 27.7 Å². The molecule has 0 saturated carbocycles. The number of hydrogen-bond donors (Lipinski definition) is 1. The van der Waals surface area contributed by atoms with E-state index in [4.69, 9.17) is 47.4 Å². The third-order valence-corrected chi connectivity index (χ3v) is 12.2. The Kier molecular flexibility index (Phi) is 17.4. The van der Waals surface area contributed by atoms with E-state index in [2.05, 4.69) is 4.98 Å². The van der Waals surface area contributed by atoms with Crippen LogP contribution in [-0.2, 0) is 93.0 Å². The second kappa shape index (κ2) is 24.4. The van der Waals surface area contributed by atoms with Crippen LogP contribution >= 0.6 is 0 Å². The molecule has 2 aliphatic heterocycles. The number of para-hydroxylation sites is 1. The molecule has 6 aromatic rings. The molecular formula is C56H59NO14. The highest BCUT2D eigenvalue weighted by molar-refractivity contribution is 5.85. The van der Waals surface area contributed by atoms with Gasteiger partial charge in [-0.05, 0) is 28.3 Å². The average molecular weight is 970 g/mol. The Bertz CT molecular complexity index is 2660. The Morgan fingerprint density at radius 3 is 1.41 bits per heavy atom. The molecule has 71 heavy (non-hydrogen) atoms. The Morgan fingerprint density at radius 2 is 0.873 bits per heavy atom. The molecule has 1 aromatic heterocycles. The van der Waals surface area contributed by atoms with E-state index in [0.29, 0.717) is 22.2 Å². The van der Waals surface area contributed by atoms with Crippen LogP contribution in [0.25, 0.3) is 10.9 Å². The summed E-state index contributed by atoms with van der Waals surface area (Å²) in [6.45, 7) is 5.30.